The highest BCUT2D eigenvalue weighted by Gasteiger charge is 2.66. The van der Waals surface area contributed by atoms with Crippen LogP contribution in [0.4, 0.5) is 0 Å². The molecule has 0 aromatic heterocycles. The average molecular weight is 512 g/mol. The molecule has 4 bridgehead atoms. The zero-order chi connectivity index (χ0) is 25.3. The summed E-state index contributed by atoms with van der Waals surface area (Å²) < 4.78 is 13.2. The summed E-state index contributed by atoms with van der Waals surface area (Å²) in [6.07, 6.45) is 12.7. The van der Waals surface area contributed by atoms with Gasteiger partial charge < -0.3 is 19.5 Å². The van der Waals surface area contributed by atoms with Gasteiger partial charge in [0, 0.05) is 44.3 Å². The van der Waals surface area contributed by atoms with E-state index in [0.717, 1.165) is 75.7 Å². The minimum atomic E-state index is -0.637. The lowest BCUT2D eigenvalue weighted by atomic mass is 9.53. The van der Waals surface area contributed by atoms with Crippen LogP contribution in [0, 0.1) is 23.7 Å². The molecule has 0 radical (unpaired) electrons. The van der Waals surface area contributed by atoms with E-state index in [-0.39, 0.29) is 6.10 Å². The van der Waals surface area contributed by atoms with Gasteiger partial charge in [-0.1, -0.05) is 12.1 Å². The van der Waals surface area contributed by atoms with E-state index in [1.165, 1.54) is 37.7 Å². The highest BCUT2D eigenvalue weighted by atomic mass is 17.3. The second-order valence-electron chi connectivity index (χ2n) is 14.0. The van der Waals surface area contributed by atoms with Gasteiger partial charge in [0.25, 0.3) is 0 Å². The van der Waals surface area contributed by atoms with E-state index < -0.39 is 17.2 Å². The molecule has 1 aromatic carbocycles. The van der Waals surface area contributed by atoms with Gasteiger partial charge in [0.2, 0.25) is 11.6 Å². The maximum Gasteiger partial charge on any atom is 0.210 e. The predicted molar refractivity (Wildman–Crippen MR) is 140 cm³/mol. The zero-order valence-corrected chi connectivity index (χ0v) is 22.7. The summed E-state index contributed by atoms with van der Waals surface area (Å²) in [7, 11) is 0. The Labute approximate surface area is 221 Å². The lowest BCUT2D eigenvalue weighted by Crippen LogP contribution is -2.59. The molecule has 0 unspecified atom stereocenters. The number of hydrogen-bond donors (Lipinski definition) is 1. The first-order valence-electron chi connectivity index (χ1n) is 15.1. The Bertz CT molecular complexity index is 927. The van der Waals surface area contributed by atoms with Crippen LogP contribution >= 0.6 is 0 Å². The topological polar surface area (TPSA) is 60.4 Å². The van der Waals surface area contributed by atoms with Crippen LogP contribution in [0.2, 0.25) is 0 Å². The van der Waals surface area contributed by atoms with Crippen LogP contribution in [0.1, 0.15) is 96.0 Å². The fraction of sp³-hybridized carbons (Fsp3) is 0.806. The SMILES string of the molecule is CC(C)(O)CN1CCC(Oc2ccc(C3CCC4(CC3)OOC3(O4)C4CC5CC(C4)CC3C5)cc2)CC1. The Balaban J connectivity index is 0.915. The molecule has 37 heavy (non-hydrogen) atoms. The van der Waals surface area contributed by atoms with Crippen molar-refractivity contribution in [2.75, 3.05) is 19.6 Å². The summed E-state index contributed by atoms with van der Waals surface area (Å²) in [5, 5.41) is 10.1. The minimum absolute atomic E-state index is 0.257. The summed E-state index contributed by atoms with van der Waals surface area (Å²) in [4.78, 5) is 14.7. The average Bonchev–Trinajstić information content (AvgIpc) is 3.23. The molecule has 6 heteroatoms. The Morgan fingerprint density at radius 2 is 1.51 bits per heavy atom. The van der Waals surface area contributed by atoms with Gasteiger partial charge in [0.1, 0.15) is 11.9 Å². The largest absolute Gasteiger partial charge is 0.490 e. The Kier molecular flexibility index (Phi) is 6.17. The molecule has 5 aliphatic carbocycles. The smallest absolute Gasteiger partial charge is 0.210 e. The lowest BCUT2D eigenvalue weighted by molar-refractivity contribution is -0.390. The highest BCUT2D eigenvalue weighted by molar-refractivity contribution is 5.30. The van der Waals surface area contributed by atoms with Crippen molar-refractivity contribution < 1.29 is 24.4 Å². The van der Waals surface area contributed by atoms with E-state index in [1.54, 1.807) is 0 Å². The molecule has 1 aromatic rings. The fourth-order valence-electron chi connectivity index (χ4n) is 8.93. The van der Waals surface area contributed by atoms with Crippen molar-refractivity contribution in [3.05, 3.63) is 29.8 Å². The minimum Gasteiger partial charge on any atom is -0.490 e. The van der Waals surface area contributed by atoms with Gasteiger partial charge in [0.05, 0.1) is 5.60 Å². The molecule has 204 valence electrons. The van der Waals surface area contributed by atoms with Crippen LogP contribution in [0.3, 0.4) is 0 Å². The molecule has 2 aliphatic heterocycles. The first kappa shape index (κ1) is 24.8. The third-order valence-corrected chi connectivity index (χ3v) is 10.5. The zero-order valence-electron chi connectivity index (χ0n) is 22.7. The van der Waals surface area contributed by atoms with E-state index in [1.807, 2.05) is 13.8 Å². The fourth-order valence-corrected chi connectivity index (χ4v) is 8.93. The van der Waals surface area contributed by atoms with Crippen LogP contribution in [0.5, 0.6) is 5.75 Å². The number of benzene rings is 1. The second-order valence-corrected chi connectivity index (χ2v) is 14.0. The second kappa shape index (κ2) is 9.19. The summed E-state index contributed by atoms with van der Waals surface area (Å²) in [5.41, 5.74) is 0.757. The van der Waals surface area contributed by atoms with Gasteiger partial charge in [-0.05, 0) is 107 Å². The van der Waals surface area contributed by atoms with Crippen molar-refractivity contribution in [2.24, 2.45) is 23.7 Å². The molecule has 5 saturated carbocycles. The summed E-state index contributed by atoms with van der Waals surface area (Å²) in [6.45, 7) is 6.44. The molecule has 8 rings (SSSR count). The first-order chi connectivity index (χ1) is 17.8. The molecule has 6 nitrogen and oxygen atoms in total. The van der Waals surface area contributed by atoms with Gasteiger partial charge in [-0.25, -0.2) is 0 Å². The maximum absolute atomic E-state index is 10.1. The van der Waals surface area contributed by atoms with Crippen molar-refractivity contribution in [2.45, 2.75) is 114 Å². The van der Waals surface area contributed by atoms with Gasteiger partial charge in [-0.2, -0.15) is 9.78 Å². The standard InChI is InChI=1S/C31H45NO5/c1-29(2,33)20-32-13-9-28(10-14-32)34-27-5-3-23(4-6-27)24-7-11-30(12-8-24)35-31(37-36-30)25-16-21-15-22(18-25)19-26(31)17-21/h3-6,21-22,24-26,28,33H,7-20H2,1-2H3. The van der Waals surface area contributed by atoms with Gasteiger partial charge in [-0.3, -0.25) is 0 Å². The number of rotatable bonds is 5. The molecule has 2 spiro atoms. The Hall–Kier alpha value is -1.18. The van der Waals surface area contributed by atoms with Gasteiger partial charge >= 0.3 is 0 Å². The van der Waals surface area contributed by atoms with Crippen LogP contribution < -0.4 is 4.74 Å². The van der Waals surface area contributed by atoms with Crippen molar-refractivity contribution in [1.82, 2.24) is 4.90 Å². The Morgan fingerprint density at radius 1 is 0.892 bits per heavy atom. The third kappa shape index (κ3) is 4.75. The number of hydrogen-bond acceptors (Lipinski definition) is 6. The van der Waals surface area contributed by atoms with E-state index >= 15 is 0 Å². The van der Waals surface area contributed by atoms with Gasteiger partial charge in [0.15, 0.2) is 0 Å². The van der Waals surface area contributed by atoms with Crippen LogP contribution in [-0.4, -0.2) is 52.9 Å². The van der Waals surface area contributed by atoms with Crippen molar-refractivity contribution >= 4 is 0 Å². The van der Waals surface area contributed by atoms with Crippen molar-refractivity contribution in [1.29, 1.82) is 0 Å². The molecule has 7 fully saturated rings. The maximum atomic E-state index is 10.1. The Morgan fingerprint density at radius 3 is 2.11 bits per heavy atom. The normalized spacial score (nSPS) is 42.2. The summed E-state index contributed by atoms with van der Waals surface area (Å²) >= 11 is 0. The van der Waals surface area contributed by atoms with E-state index in [9.17, 15) is 5.11 Å². The molecule has 2 heterocycles. The third-order valence-electron chi connectivity index (χ3n) is 10.5. The summed E-state index contributed by atoms with van der Waals surface area (Å²) in [5.74, 6) is 3.36. The van der Waals surface area contributed by atoms with E-state index in [2.05, 4.69) is 29.2 Å². The molecule has 0 amide bonds. The molecular weight excluding hydrogens is 466 g/mol. The highest BCUT2D eigenvalue weighted by Crippen LogP contribution is 2.64. The molecule has 7 aliphatic rings. The van der Waals surface area contributed by atoms with Crippen molar-refractivity contribution in [3.63, 3.8) is 0 Å². The number of ether oxygens (including phenoxy) is 2. The van der Waals surface area contributed by atoms with Crippen LogP contribution in [0.25, 0.3) is 0 Å². The molecule has 1 N–H and O–H groups in total. The van der Waals surface area contributed by atoms with E-state index in [4.69, 9.17) is 19.2 Å². The number of aliphatic hydroxyl groups is 1. The lowest BCUT2D eigenvalue weighted by Gasteiger charge is -2.57. The monoisotopic (exact) mass is 511 g/mol. The van der Waals surface area contributed by atoms with E-state index in [0.29, 0.717) is 17.8 Å². The quantitative estimate of drug-likeness (QED) is 0.506. The van der Waals surface area contributed by atoms with Crippen molar-refractivity contribution in [3.8, 4) is 5.75 Å². The number of β-amino-alcohol motifs (C(OH)–C–C–N with tert-alkyl or cyclic N) is 1. The number of piperidine rings is 1. The summed E-state index contributed by atoms with van der Waals surface area (Å²) in [6, 6.07) is 8.82. The van der Waals surface area contributed by atoms with Gasteiger partial charge in [-0.15, -0.1) is 0 Å². The first-order valence-corrected chi connectivity index (χ1v) is 15.1. The predicted octanol–water partition coefficient (Wildman–Crippen LogP) is 5.79. The van der Waals surface area contributed by atoms with Crippen LogP contribution in [-0.2, 0) is 14.5 Å². The molecular formula is C31H45NO5. The van der Waals surface area contributed by atoms with Crippen LogP contribution in [0.15, 0.2) is 24.3 Å². The number of nitrogens with zero attached hydrogens (tertiary/aromatic N) is 1. The number of likely N-dealkylation sites (tertiary alicyclic amines) is 1. The molecule has 2 saturated heterocycles. The molecule has 0 atom stereocenters.